The van der Waals surface area contributed by atoms with Gasteiger partial charge < -0.3 is 19.6 Å². The molecule has 2 aliphatic heterocycles. The number of rotatable bonds is 4. The molecule has 2 heterocycles. The van der Waals surface area contributed by atoms with Crippen LogP contribution < -0.4 is 0 Å². The Bertz CT molecular complexity index is 577. The largest absolute Gasteiger partial charge is 0.389 e. The van der Waals surface area contributed by atoms with Gasteiger partial charge in [0.25, 0.3) is 0 Å². The summed E-state index contributed by atoms with van der Waals surface area (Å²) in [6.45, 7) is 1.53. The number of morpholine rings is 1. The summed E-state index contributed by atoms with van der Waals surface area (Å²) < 4.78 is 42.5. The fourth-order valence-corrected chi connectivity index (χ4v) is 4.75. The fourth-order valence-electron chi connectivity index (χ4n) is 4.75. The highest BCUT2D eigenvalue weighted by Crippen LogP contribution is 2.51. The Balaban J connectivity index is 1.70. The first-order valence-corrected chi connectivity index (χ1v) is 9.57. The molecule has 9 heteroatoms. The van der Waals surface area contributed by atoms with Crippen LogP contribution in [0.15, 0.2) is 0 Å². The summed E-state index contributed by atoms with van der Waals surface area (Å²) in [5.41, 5.74) is -1.69. The summed E-state index contributed by atoms with van der Waals surface area (Å²) in [6, 6.07) is 0. The van der Waals surface area contributed by atoms with Crippen molar-refractivity contribution in [3.05, 3.63) is 0 Å². The molecule has 2 amide bonds. The van der Waals surface area contributed by atoms with Crippen LogP contribution in [0.3, 0.4) is 0 Å². The van der Waals surface area contributed by atoms with Crippen LogP contribution in [-0.4, -0.2) is 77.9 Å². The number of hydrogen-bond acceptors (Lipinski definition) is 4. The average Bonchev–Trinajstić information content (AvgIpc) is 3.07. The van der Waals surface area contributed by atoms with E-state index in [1.54, 1.807) is 4.90 Å². The van der Waals surface area contributed by atoms with Crippen LogP contribution in [0.25, 0.3) is 0 Å². The van der Waals surface area contributed by atoms with E-state index < -0.39 is 35.9 Å². The van der Waals surface area contributed by atoms with Gasteiger partial charge in [0, 0.05) is 31.5 Å². The highest BCUT2D eigenvalue weighted by atomic mass is 19.4. The molecule has 3 fully saturated rings. The van der Waals surface area contributed by atoms with Gasteiger partial charge in [-0.25, -0.2) is 0 Å². The van der Waals surface area contributed by atoms with Crippen LogP contribution in [0, 0.1) is 5.41 Å². The molecule has 6 nitrogen and oxygen atoms in total. The minimum absolute atomic E-state index is 0.00509. The molecule has 1 aliphatic carbocycles. The lowest BCUT2D eigenvalue weighted by Crippen LogP contribution is -2.65. The monoisotopic (exact) mass is 392 g/mol. The lowest BCUT2D eigenvalue weighted by molar-refractivity contribution is -0.175. The van der Waals surface area contributed by atoms with Crippen molar-refractivity contribution in [3.63, 3.8) is 0 Å². The van der Waals surface area contributed by atoms with E-state index in [0.717, 1.165) is 12.8 Å². The quantitative estimate of drug-likeness (QED) is 0.791. The first kappa shape index (κ1) is 20.4. The van der Waals surface area contributed by atoms with Gasteiger partial charge in [-0.2, -0.15) is 13.2 Å². The molecule has 1 atom stereocenters. The van der Waals surface area contributed by atoms with E-state index in [-0.39, 0.29) is 38.6 Å². The van der Waals surface area contributed by atoms with Gasteiger partial charge >= 0.3 is 6.18 Å². The van der Waals surface area contributed by atoms with Gasteiger partial charge in [-0.3, -0.25) is 9.59 Å². The molecule has 0 radical (unpaired) electrons. The Hall–Kier alpha value is -1.35. The van der Waals surface area contributed by atoms with Crippen molar-refractivity contribution < 1.29 is 32.6 Å². The van der Waals surface area contributed by atoms with E-state index in [4.69, 9.17) is 4.74 Å². The van der Waals surface area contributed by atoms with E-state index in [0.29, 0.717) is 26.0 Å². The summed E-state index contributed by atoms with van der Waals surface area (Å²) in [4.78, 5) is 27.5. The molecule has 1 spiro atoms. The molecule has 154 valence electrons. The molecule has 1 N–H and O–H groups in total. The summed E-state index contributed by atoms with van der Waals surface area (Å²) in [5, 5.41) is 11.5. The van der Waals surface area contributed by atoms with Crippen molar-refractivity contribution in [2.24, 2.45) is 5.41 Å². The van der Waals surface area contributed by atoms with Crippen molar-refractivity contribution in [1.82, 2.24) is 9.80 Å². The van der Waals surface area contributed by atoms with Crippen LogP contribution in [0.1, 0.15) is 44.9 Å². The lowest BCUT2D eigenvalue weighted by atomic mass is 9.65. The Morgan fingerprint density at radius 1 is 1.19 bits per heavy atom. The predicted molar refractivity (Wildman–Crippen MR) is 89.7 cm³/mol. The number of nitrogens with zero attached hydrogens (tertiary/aromatic N) is 2. The van der Waals surface area contributed by atoms with Gasteiger partial charge in [0.2, 0.25) is 11.8 Å². The summed E-state index contributed by atoms with van der Waals surface area (Å²) in [7, 11) is 0. The number of piperidine rings is 1. The van der Waals surface area contributed by atoms with Gasteiger partial charge in [0.05, 0.1) is 25.2 Å². The molecule has 0 aromatic rings. The Morgan fingerprint density at radius 2 is 1.89 bits per heavy atom. The summed E-state index contributed by atoms with van der Waals surface area (Å²) >= 11 is 0. The highest BCUT2D eigenvalue weighted by molar-refractivity contribution is 5.78. The van der Waals surface area contributed by atoms with E-state index in [9.17, 15) is 27.9 Å². The maximum atomic E-state index is 12.4. The minimum atomic E-state index is -4.35. The fraction of sp³-hybridized carbons (Fsp3) is 0.889. The van der Waals surface area contributed by atoms with Gasteiger partial charge in [0.1, 0.15) is 6.61 Å². The number of alkyl halides is 3. The second kappa shape index (κ2) is 7.58. The molecule has 0 bridgehead atoms. The maximum Gasteiger partial charge on any atom is 0.389 e. The zero-order valence-corrected chi connectivity index (χ0v) is 15.4. The molecule has 1 unspecified atom stereocenters. The van der Waals surface area contributed by atoms with Crippen LogP contribution in [0.2, 0.25) is 0 Å². The third kappa shape index (κ3) is 4.39. The number of likely N-dealkylation sites (tertiary alicyclic amines) is 1. The first-order chi connectivity index (χ1) is 12.6. The smallest absolute Gasteiger partial charge is 0.387 e. The summed E-state index contributed by atoms with van der Waals surface area (Å²) in [6.07, 6.45) is -2.52. The Labute approximate surface area is 156 Å². The third-order valence-corrected chi connectivity index (χ3v) is 6.35. The molecular formula is C18H27F3N2O4. The zero-order chi connectivity index (χ0) is 19.7. The second-order valence-electron chi connectivity index (χ2n) is 8.07. The highest BCUT2D eigenvalue weighted by Gasteiger charge is 2.56. The standard InChI is InChI=1S/C18H27F3N2O4/c19-18(20,21)6-3-14(24)22-8-7-17(26,16(12-22)4-1-2-5-16)13-23-9-10-27-11-15(23)25/h26H,1-13H2. The van der Waals surface area contributed by atoms with Gasteiger partial charge in [-0.15, -0.1) is 0 Å². The second-order valence-corrected chi connectivity index (χ2v) is 8.07. The van der Waals surface area contributed by atoms with E-state index in [1.165, 1.54) is 4.90 Å². The van der Waals surface area contributed by atoms with Crippen LogP contribution in [0.4, 0.5) is 13.2 Å². The topological polar surface area (TPSA) is 70.1 Å². The molecule has 27 heavy (non-hydrogen) atoms. The first-order valence-electron chi connectivity index (χ1n) is 9.57. The number of β-amino-alcohol motifs (C(OH)–C–C–N with tert-alkyl or cyclic N) is 1. The van der Waals surface area contributed by atoms with Crippen LogP contribution in [-0.2, 0) is 14.3 Å². The van der Waals surface area contributed by atoms with Crippen LogP contribution >= 0.6 is 0 Å². The summed E-state index contributed by atoms with van der Waals surface area (Å²) in [5.74, 6) is -0.672. The third-order valence-electron chi connectivity index (χ3n) is 6.35. The molecule has 0 aromatic heterocycles. The van der Waals surface area contributed by atoms with Crippen molar-refractivity contribution in [3.8, 4) is 0 Å². The van der Waals surface area contributed by atoms with Crippen molar-refractivity contribution >= 4 is 11.8 Å². The number of ether oxygens (including phenoxy) is 1. The molecule has 2 saturated heterocycles. The van der Waals surface area contributed by atoms with E-state index in [2.05, 4.69) is 0 Å². The number of halogens is 3. The van der Waals surface area contributed by atoms with Gasteiger partial charge in [-0.05, 0) is 19.3 Å². The predicted octanol–water partition coefficient (Wildman–Crippen LogP) is 1.71. The Kier molecular flexibility index (Phi) is 5.72. The molecular weight excluding hydrogens is 365 g/mol. The maximum absolute atomic E-state index is 12.4. The number of carbonyl (C=O) groups is 2. The van der Waals surface area contributed by atoms with Crippen molar-refractivity contribution in [2.45, 2.75) is 56.7 Å². The Morgan fingerprint density at radius 3 is 2.52 bits per heavy atom. The average molecular weight is 392 g/mol. The zero-order valence-electron chi connectivity index (χ0n) is 15.4. The van der Waals surface area contributed by atoms with Crippen molar-refractivity contribution in [1.29, 1.82) is 0 Å². The number of aliphatic hydroxyl groups is 1. The minimum Gasteiger partial charge on any atom is -0.387 e. The van der Waals surface area contributed by atoms with Gasteiger partial charge in [-0.1, -0.05) is 12.8 Å². The van der Waals surface area contributed by atoms with E-state index >= 15 is 0 Å². The molecule has 3 aliphatic rings. The van der Waals surface area contributed by atoms with Crippen LogP contribution in [0.5, 0.6) is 0 Å². The molecule has 3 rings (SSSR count). The number of carbonyl (C=O) groups excluding carboxylic acids is 2. The van der Waals surface area contributed by atoms with Gasteiger partial charge in [0.15, 0.2) is 0 Å². The number of hydrogen-bond donors (Lipinski definition) is 1. The normalized spacial score (nSPS) is 28.8. The lowest BCUT2D eigenvalue weighted by Gasteiger charge is -2.53. The van der Waals surface area contributed by atoms with E-state index in [1.807, 2.05) is 0 Å². The molecule has 0 aromatic carbocycles. The number of amides is 2. The molecule has 1 saturated carbocycles. The van der Waals surface area contributed by atoms with Crippen molar-refractivity contribution in [2.75, 3.05) is 39.4 Å². The SMILES string of the molecule is O=C1COCCN1CC1(O)CCN(C(=O)CCC(F)(F)F)CC12CCCC2.